The highest BCUT2D eigenvalue weighted by Gasteiger charge is 2.32. The van der Waals surface area contributed by atoms with Crippen molar-refractivity contribution in [1.82, 2.24) is 25.8 Å². The smallest absolute Gasteiger partial charge is 0.222 e. The van der Waals surface area contributed by atoms with Crippen LogP contribution < -0.4 is 21.7 Å². The molecule has 0 aromatic rings. The van der Waals surface area contributed by atoms with E-state index in [0.717, 1.165) is 175 Å². The molecule has 7 N–H and O–H groups in total. The number of amides is 5. The standard InChI is InChI=1S/2C24H49NO3.C21H43NO2.C16H31NO.C13H29N.C11H21NO2/c2*1-4-5-6-7-8-9-10-11-12-13-14-20-28-21-22(2)17-18-23(3)25-24(27)16-15-19-26;1-4-5-6-7-8-9-10-11-12-13-14-17-24-18-20(2)15-16-21(3)22-19-23;1-13(16(5,6)12-15(2,3)4)9-11-17-10-7-8-14(17)18;1-11(7-8-14)9-13(5,6)10-12(2,3)4;1-3-10(2)9-14-8-7-12-6-4-5-11(12)13/h2*22-23,26H,4-21H2,1-3H3,(H,25,27);19-21H,4-18H2,1-3H3,(H,22,23);13H,7-12H2,1-6H3;11H,7-10,14H2,1-6H3;10H,3-9H2,1-2H3. The van der Waals surface area contributed by atoms with Crippen molar-refractivity contribution in [2.24, 2.45) is 62.9 Å². The van der Waals surface area contributed by atoms with Gasteiger partial charge in [0.05, 0.1) is 6.61 Å². The first kappa shape index (κ1) is 129. The number of aliphatic hydroxyl groups excluding tert-OH is 2. The first-order chi connectivity index (χ1) is 59.9. The predicted octanol–water partition coefficient (Wildman–Crippen LogP) is 27.5. The van der Waals surface area contributed by atoms with E-state index >= 15 is 0 Å². The van der Waals surface area contributed by atoms with E-state index in [1.807, 2.05) is 16.7 Å². The van der Waals surface area contributed by atoms with Gasteiger partial charge in [-0.1, -0.05) is 338 Å². The lowest BCUT2D eigenvalue weighted by Gasteiger charge is -2.38. The molecule has 5 amide bonds. The third kappa shape index (κ3) is 94.3. The normalized spacial score (nSPS) is 15.2. The first-order valence-electron chi connectivity index (χ1n) is 53.5. The summed E-state index contributed by atoms with van der Waals surface area (Å²) in [5.41, 5.74) is 7.19. The van der Waals surface area contributed by atoms with E-state index in [1.54, 1.807) is 0 Å². The van der Waals surface area contributed by atoms with E-state index in [9.17, 15) is 24.0 Å². The number of nitrogens with two attached hydrogens (primary N) is 1. The third-order valence-electron chi connectivity index (χ3n) is 25.1. The quantitative estimate of drug-likeness (QED) is 0.0247. The van der Waals surface area contributed by atoms with E-state index in [1.165, 1.54) is 231 Å². The monoisotopic (exact) mass is 1790 g/mol. The number of unbranched alkanes of at least 4 members (excludes halogenated alkanes) is 30. The number of nitrogens with zero attached hydrogens (tertiary/aromatic N) is 2. The van der Waals surface area contributed by atoms with Crippen LogP contribution in [0.3, 0.4) is 0 Å². The summed E-state index contributed by atoms with van der Waals surface area (Å²) in [6, 6.07) is 0.664. The summed E-state index contributed by atoms with van der Waals surface area (Å²) in [5.74, 6) is 4.42. The van der Waals surface area contributed by atoms with Gasteiger partial charge in [-0.05, 0) is 200 Å². The fraction of sp³-hybridized carbons (Fsp3) is 0.954. The molecule has 0 radical (unpaired) electrons. The van der Waals surface area contributed by atoms with Gasteiger partial charge in [0.2, 0.25) is 30.0 Å². The number of nitrogens with one attached hydrogen (secondary N) is 3. The zero-order valence-corrected chi connectivity index (χ0v) is 88.4. The van der Waals surface area contributed by atoms with Crippen LogP contribution in [0, 0.1) is 57.2 Å². The van der Waals surface area contributed by atoms with Crippen LogP contribution >= 0.6 is 0 Å². The zero-order chi connectivity index (χ0) is 95.4. The fourth-order valence-corrected chi connectivity index (χ4v) is 17.4. The topological polar surface area (TPSA) is 231 Å². The molecule has 754 valence electrons. The molecule has 0 aliphatic carbocycles. The van der Waals surface area contributed by atoms with Gasteiger partial charge in [-0.2, -0.15) is 0 Å². The van der Waals surface area contributed by atoms with E-state index in [-0.39, 0.29) is 49.1 Å². The van der Waals surface area contributed by atoms with Gasteiger partial charge in [0.15, 0.2) is 0 Å². The van der Waals surface area contributed by atoms with Crippen molar-refractivity contribution in [2.75, 3.05) is 98.8 Å². The van der Waals surface area contributed by atoms with Gasteiger partial charge in [-0.15, -0.1) is 0 Å². The lowest BCUT2D eigenvalue weighted by Crippen LogP contribution is -2.32. The molecule has 2 aliphatic rings. The molecule has 2 heterocycles. The molecule has 2 aliphatic heterocycles. The molecule has 17 nitrogen and oxygen atoms in total. The maximum Gasteiger partial charge on any atom is 0.222 e. The number of hydrogen-bond acceptors (Lipinski definition) is 12. The molecule has 2 rings (SSSR count). The Kier molecular flexibility index (Phi) is 91.0. The van der Waals surface area contributed by atoms with Crippen molar-refractivity contribution in [2.45, 2.75) is 518 Å². The summed E-state index contributed by atoms with van der Waals surface area (Å²) in [4.78, 5) is 60.3. The fourth-order valence-electron chi connectivity index (χ4n) is 17.4. The minimum absolute atomic E-state index is 0.0435. The Bertz CT molecular complexity index is 2300. The molecule has 9 unspecified atom stereocenters. The van der Waals surface area contributed by atoms with Crippen LogP contribution in [-0.2, 0) is 42.9 Å². The molecule has 2 fully saturated rings. The summed E-state index contributed by atoms with van der Waals surface area (Å²) in [5, 5.41) is 26.3. The largest absolute Gasteiger partial charge is 0.396 e. The average Bonchev–Trinajstić information content (AvgIpc) is 1.22. The Labute approximate surface area is 784 Å². The molecular weight excluding hydrogens is 1570 g/mol. The van der Waals surface area contributed by atoms with Crippen LogP contribution in [0.4, 0.5) is 0 Å². The van der Waals surface area contributed by atoms with Crippen molar-refractivity contribution >= 4 is 30.0 Å². The minimum Gasteiger partial charge on any atom is -0.396 e. The molecular formula is C109H222N6O11. The van der Waals surface area contributed by atoms with Crippen molar-refractivity contribution < 1.29 is 53.1 Å². The van der Waals surface area contributed by atoms with Crippen LogP contribution in [0.15, 0.2) is 0 Å². The van der Waals surface area contributed by atoms with Gasteiger partial charge in [0, 0.05) is 129 Å². The number of rotatable bonds is 77. The van der Waals surface area contributed by atoms with Crippen LogP contribution in [0.2, 0.25) is 0 Å². The molecule has 17 heteroatoms. The molecule has 0 saturated carbocycles. The van der Waals surface area contributed by atoms with Crippen molar-refractivity contribution in [3.8, 4) is 0 Å². The number of carbonyl (C=O) groups excluding carboxylic acids is 5. The van der Waals surface area contributed by atoms with Crippen molar-refractivity contribution in [3.05, 3.63) is 0 Å². The summed E-state index contributed by atoms with van der Waals surface area (Å²) < 4.78 is 22.9. The number of aliphatic hydroxyl groups is 2. The van der Waals surface area contributed by atoms with E-state index in [0.29, 0.717) is 89.4 Å². The van der Waals surface area contributed by atoms with Gasteiger partial charge in [-0.3, -0.25) is 24.0 Å². The lowest BCUT2D eigenvalue weighted by atomic mass is 9.68. The molecule has 0 aromatic heterocycles. The molecule has 9 atom stereocenters. The average molecular weight is 1790 g/mol. The second-order valence-electron chi connectivity index (χ2n) is 43.4. The highest BCUT2D eigenvalue weighted by Crippen LogP contribution is 2.41. The van der Waals surface area contributed by atoms with Gasteiger partial charge in [0.25, 0.3) is 0 Å². The molecule has 126 heavy (non-hydrogen) atoms. The summed E-state index contributed by atoms with van der Waals surface area (Å²) >= 11 is 0. The van der Waals surface area contributed by atoms with Crippen molar-refractivity contribution in [1.29, 1.82) is 0 Å². The number of carbonyl (C=O) groups is 5. The summed E-state index contributed by atoms with van der Waals surface area (Å²) in [6.07, 6.45) is 65.0. The highest BCUT2D eigenvalue weighted by molar-refractivity contribution is 5.78. The Morgan fingerprint density at radius 1 is 0.397 bits per heavy atom. The van der Waals surface area contributed by atoms with E-state index in [2.05, 4.69) is 168 Å². The van der Waals surface area contributed by atoms with Crippen LogP contribution in [0.1, 0.15) is 500 Å². The lowest BCUT2D eigenvalue weighted by molar-refractivity contribution is -0.129. The Morgan fingerprint density at radius 3 is 1.02 bits per heavy atom. The van der Waals surface area contributed by atoms with Crippen LogP contribution in [0.5, 0.6) is 0 Å². The predicted molar refractivity (Wildman–Crippen MR) is 542 cm³/mol. The van der Waals surface area contributed by atoms with Gasteiger partial charge < -0.3 is 60.6 Å². The number of likely N-dealkylation sites (tertiary alicyclic amines) is 2. The summed E-state index contributed by atoms with van der Waals surface area (Å²) in [6.45, 7) is 63.3. The molecule has 0 bridgehead atoms. The Morgan fingerprint density at radius 2 is 0.714 bits per heavy atom. The molecule has 2 saturated heterocycles. The van der Waals surface area contributed by atoms with E-state index in [4.69, 9.17) is 34.9 Å². The van der Waals surface area contributed by atoms with Gasteiger partial charge in [-0.25, -0.2) is 0 Å². The third-order valence-corrected chi connectivity index (χ3v) is 25.1. The zero-order valence-electron chi connectivity index (χ0n) is 88.4. The van der Waals surface area contributed by atoms with E-state index < -0.39 is 0 Å². The van der Waals surface area contributed by atoms with Crippen LogP contribution in [0.25, 0.3) is 0 Å². The second kappa shape index (κ2) is 88.6. The Hall–Kier alpha value is -2.93. The van der Waals surface area contributed by atoms with Gasteiger partial charge >= 0.3 is 0 Å². The summed E-state index contributed by atoms with van der Waals surface area (Å²) in [7, 11) is 0. The SMILES string of the molecule is CC(CCN)CC(C)(C)CC(C)(C)C.CC(CCN1CCCC1=O)C(C)(C)CC(C)(C)C.CCC(C)COCCN1CCCC1=O.CCCCCCCCCCCCCOCC(C)CCC(C)NC(=O)CCCO.CCCCCCCCCCCCCOCC(C)CCC(C)NC(=O)CCCO.CCCCCCCCCCCCCOCC(C)CCC(C)NC=O. The number of ether oxygens (including phenoxy) is 4. The first-order valence-corrected chi connectivity index (χ1v) is 53.5. The Balaban J connectivity index is -0.000000722. The van der Waals surface area contributed by atoms with Crippen LogP contribution in [-0.4, -0.2) is 167 Å². The van der Waals surface area contributed by atoms with Gasteiger partial charge in [0.1, 0.15) is 0 Å². The maximum atomic E-state index is 11.6. The molecule has 0 aromatic carbocycles. The highest BCUT2D eigenvalue weighted by atomic mass is 16.5. The second-order valence-corrected chi connectivity index (χ2v) is 43.4. The minimum atomic E-state index is 0.0435. The molecule has 0 spiro atoms. The maximum absolute atomic E-state index is 11.6. The number of hydrogen-bond donors (Lipinski definition) is 6. The van der Waals surface area contributed by atoms with Crippen molar-refractivity contribution in [3.63, 3.8) is 0 Å².